The van der Waals surface area contributed by atoms with Gasteiger partial charge in [-0.05, 0) is 25.9 Å². The Bertz CT molecular complexity index is 406. The van der Waals surface area contributed by atoms with E-state index in [0.717, 1.165) is 38.2 Å². The van der Waals surface area contributed by atoms with Gasteiger partial charge in [-0.15, -0.1) is 5.10 Å². The van der Waals surface area contributed by atoms with E-state index >= 15 is 0 Å². The molecule has 2 heterocycles. The molecule has 0 saturated carbocycles. The van der Waals surface area contributed by atoms with Crippen molar-refractivity contribution in [2.75, 3.05) is 13.1 Å². The minimum absolute atomic E-state index is 0.0359. The summed E-state index contributed by atoms with van der Waals surface area (Å²) in [5.74, 6) is 0. The van der Waals surface area contributed by atoms with E-state index in [2.05, 4.69) is 22.1 Å². The molecule has 2 rings (SSSR count). The van der Waals surface area contributed by atoms with Gasteiger partial charge >= 0.3 is 0 Å². The zero-order valence-corrected chi connectivity index (χ0v) is 11.2. The van der Waals surface area contributed by atoms with Crippen molar-refractivity contribution in [2.45, 2.75) is 26.3 Å². The average molecular weight is 253 g/mol. The van der Waals surface area contributed by atoms with Gasteiger partial charge in [-0.1, -0.05) is 24.4 Å². The molecular formula is C11H19N5S. The van der Waals surface area contributed by atoms with Crippen LogP contribution in [-0.2, 0) is 13.6 Å². The number of likely N-dealkylation sites (tertiary alicyclic amines) is 1. The van der Waals surface area contributed by atoms with Crippen molar-refractivity contribution in [1.29, 1.82) is 0 Å². The molecule has 0 unspecified atom stereocenters. The highest BCUT2D eigenvalue weighted by Crippen LogP contribution is 2.31. The normalized spacial score (nSPS) is 20.4. The average Bonchev–Trinajstić information content (AvgIpc) is 2.67. The van der Waals surface area contributed by atoms with Crippen LogP contribution in [0.4, 0.5) is 0 Å². The fourth-order valence-corrected chi connectivity index (χ4v) is 2.35. The van der Waals surface area contributed by atoms with Crippen LogP contribution in [0.2, 0.25) is 0 Å². The lowest BCUT2D eigenvalue weighted by Crippen LogP contribution is -2.44. The summed E-state index contributed by atoms with van der Waals surface area (Å²) in [6.45, 7) is 5.06. The summed E-state index contributed by atoms with van der Waals surface area (Å²) in [5, 5.41) is 8.04. The Morgan fingerprint density at radius 2 is 2.18 bits per heavy atom. The number of piperidine rings is 1. The van der Waals surface area contributed by atoms with E-state index in [0.29, 0.717) is 4.99 Å². The van der Waals surface area contributed by atoms with Crippen LogP contribution in [0, 0.1) is 5.41 Å². The van der Waals surface area contributed by atoms with Crippen molar-refractivity contribution in [3.63, 3.8) is 0 Å². The van der Waals surface area contributed by atoms with E-state index in [1.54, 1.807) is 4.68 Å². The summed E-state index contributed by atoms with van der Waals surface area (Å²) < 4.78 is 1.73. The van der Waals surface area contributed by atoms with Gasteiger partial charge in [-0.2, -0.15) is 0 Å². The topological polar surface area (TPSA) is 60.0 Å². The molecule has 0 atom stereocenters. The number of aromatic nitrogens is 3. The second-order valence-electron chi connectivity index (χ2n) is 5.08. The molecule has 0 radical (unpaired) electrons. The maximum Gasteiger partial charge on any atom is 0.0966 e. The molecule has 5 nitrogen and oxygen atoms in total. The first kappa shape index (κ1) is 12.4. The predicted molar refractivity (Wildman–Crippen MR) is 70.4 cm³/mol. The van der Waals surface area contributed by atoms with Gasteiger partial charge in [-0.3, -0.25) is 9.58 Å². The summed E-state index contributed by atoms with van der Waals surface area (Å²) in [5.41, 5.74) is 6.85. The lowest BCUT2D eigenvalue weighted by molar-refractivity contribution is 0.156. The van der Waals surface area contributed by atoms with Gasteiger partial charge in [-0.25, -0.2) is 0 Å². The molecule has 2 N–H and O–H groups in total. The number of hydrogen-bond acceptors (Lipinski definition) is 4. The first-order chi connectivity index (χ1) is 7.99. The van der Waals surface area contributed by atoms with Gasteiger partial charge in [0.15, 0.2) is 0 Å². The molecule has 17 heavy (non-hydrogen) atoms. The molecule has 1 fully saturated rings. The third-order valence-corrected chi connectivity index (χ3v) is 4.08. The van der Waals surface area contributed by atoms with Gasteiger partial charge in [0.2, 0.25) is 0 Å². The van der Waals surface area contributed by atoms with Gasteiger partial charge in [0.1, 0.15) is 0 Å². The van der Waals surface area contributed by atoms with Crippen molar-refractivity contribution < 1.29 is 0 Å². The minimum atomic E-state index is 0.0359. The molecule has 94 valence electrons. The van der Waals surface area contributed by atoms with Crippen LogP contribution >= 0.6 is 12.2 Å². The molecular weight excluding hydrogens is 234 g/mol. The summed E-state index contributed by atoms with van der Waals surface area (Å²) >= 11 is 5.13. The Kier molecular flexibility index (Phi) is 3.44. The largest absolute Gasteiger partial charge is 0.393 e. The monoisotopic (exact) mass is 253 g/mol. The minimum Gasteiger partial charge on any atom is -0.393 e. The second kappa shape index (κ2) is 4.70. The van der Waals surface area contributed by atoms with Crippen LogP contribution in [0.25, 0.3) is 0 Å². The van der Waals surface area contributed by atoms with Crippen molar-refractivity contribution in [3.05, 3.63) is 11.9 Å². The Balaban J connectivity index is 1.89. The van der Waals surface area contributed by atoms with E-state index in [1.165, 1.54) is 0 Å². The van der Waals surface area contributed by atoms with Crippen molar-refractivity contribution in [1.82, 2.24) is 19.9 Å². The summed E-state index contributed by atoms with van der Waals surface area (Å²) in [6, 6.07) is 0. The van der Waals surface area contributed by atoms with Crippen molar-refractivity contribution in [2.24, 2.45) is 18.2 Å². The lowest BCUT2D eigenvalue weighted by Gasteiger charge is -2.38. The Morgan fingerprint density at radius 3 is 2.65 bits per heavy atom. The highest BCUT2D eigenvalue weighted by Gasteiger charge is 2.32. The van der Waals surface area contributed by atoms with Crippen LogP contribution in [0.5, 0.6) is 0 Å². The lowest BCUT2D eigenvalue weighted by atomic mass is 9.80. The first-order valence-electron chi connectivity index (χ1n) is 5.87. The molecule has 0 spiro atoms. The Labute approximate surface area is 107 Å². The molecule has 0 aliphatic carbocycles. The molecule has 1 aromatic rings. The molecule has 1 aliphatic heterocycles. The quantitative estimate of drug-likeness (QED) is 0.804. The summed E-state index contributed by atoms with van der Waals surface area (Å²) in [6.07, 6.45) is 4.02. The second-order valence-corrected chi connectivity index (χ2v) is 5.52. The van der Waals surface area contributed by atoms with E-state index in [9.17, 15) is 0 Å². The summed E-state index contributed by atoms with van der Waals surface area (Å²) in [4.78, 5) is 3.03. The highest BCUT2D eigenvalue weighted by atomic mass is 32.1. The third kappa shape index (κ3) is 2.81. The van der Waals surface area contributed by atoms with Crippen LogP contribution in [0.1, 0.15) is 25.5 Å². The van der Waals surface area contributed by atoms with Crippen molar-refractivity contribution >= 4 is 17.2 Å². The van der Waals surface area contributed by atoms with Crippen LogP contribution in [-0.4, -0.2) is 38.0 Å². The van der Waals surface area contributed by atoms with Gasteiger partial charge in [0.05, 0.1) is 10.7 Å². The van der Waals surface area contributed by atoms with Gasteiger partial charge in [0.25, 0.3) is 0 Å². The Hall–Kier alpha value is -1.01. The third-order valence-electron chi connectivity index (χ3n) is 3.59. The molecule has 6 heteroatoms. The maximum atomic E-state index is 5.79. The van der Waals surface area contributed by atoms with Gasteiger partial charge in [0, 0.05) is 25.2 Å². The smallest absolute Gasteiger partial charge is 0.0966 e. The highest BCUT2D eigenvalue weighted by molar-refractivity contribution is 7.80. The van der Waals surface area contributed by atoms with E-state index in [1.807, 2.05) is 13.2 Å². The fourth-order valence-electron chi connectivity index (χ4n) is 2.15. The number of thiocarbonyl (C=S) groups is 1. The van der Waals surface area contributed by atoms with E-state index in [-0.39, 0.29) is 5.41 Å². The van der Waals surface area contributed by atoms with Crippen molar-refractivity contribution in [3.8, 4) is 0 Å². The molecule has 0 aromatic carbocycles. The number of nitrogens with zero attached hydrogens (tertiary/aromatic N) is 4. The number of hydrogen-bond donors (Lipinski definition) is 1. The number of rotatable bonds is 3. The van der Waals surface area contributed by atoms with E-state index < -0.39 is 0 Å². The molecule has 1 aliphatic rings. The SMILES string of the molecule is Cn1cc(CN2CCC(C)(C(N)=S)CC2)nn1. The number of nitrogens with two attached hydrogens (primary N) is 1. The first-order valence-corrected chi connectivity index (χ1v) is 6.28. The molecule has 1 saturated heterocycles. The fraction of sp³-hybridized carbons (Fsp3) is 0.727. The molecule has 0 amide bonds. The molecule has 1 aromatic heterocycles. The standard InChI is InChI=1S/C11H19N5S/c1-11(10(12)17)3-5-16(6-4-11)8-9-7-15(2)14-13-9/h7H,3-6,8H2,1-2H3,(H2,12,17). The molecule has 0 bridgehead atoms. The van der Waals surface area contributed by atoms with Crippen LogP contribution < -0.4 is 5.73 Å². The predicted octanol–water partition coefficient (Wildman–Crippen LogP) is 0.703. The maximum absolute atomic E-state index is 5.79. The number of aryl methyl sites for hydroxylation is 1. The Morgan fingerprint density at radius 1 is 1.53 bits per heavy atom. The zero-order valence-electron chi connectivity index (χ0n) is 10.4. The van der Waals surface area contributed by atoms with Gasteiger partial charge < -0.3 is 5.73 Å². The zero-order chi connectivity index (χ0) is 12.5. The van der Waals surface area contributed by atoms with Crippen LogP contribution in [0.3, 0.4) is 0 Å². The summed E-state index contributed by atoms with van der Waals surface area (Å²) in [7, 11) is 1.89. The van der Waals surface area contributed by atoms with Crippen LogP contribution in [0.15, 0.2) is 6.20 Å². The van der Waals surface area contributed by atoms with E-state index in [4.69, 9.17) is 18.0 Å².